The van der Waals surface area contributed by atoms with Crippen LogP contribution in [-0.4, -0.2) is 44.5 Å². The number of aromatic nitrogens is 3. The summed E-state index contributed by atoms with van der Waals surface area (Å²) in [5.41, 5.74) is 6.03. The summed E-state index contributed by atoms with van der Waals surface area (Å²) < 4.78 is 7.12. The second kappa shape index (κ2) is 9.88. The quantitative estimate of drug-likeness (QED) is 0.503. The van der Waals surface area contributed by atoms with Gasteiger partial charge in [-0.15, -0.1) is 10.2 Å². The van der Waals surface area contributed by atoms with Gasteiger partial charge in [0, 0.05) is 0 Å². The van der Waals surface area contributed by atoms with E-state index in [0.717, 1.165) is 11.4 Å². The van der Waals surface area contributed by atoms with Gasteiger partial charge in [0.25, 0.3) is 5.91 Å². The lowest BCUT2D eigenvalue weighted by Crippen LogP contribution is -2.45. The van der Waals surface area contributed by atoms with E-state index in [0.29, 0.717) is 11.7 Å². The summed E-state index contributed by atoms with van der Waals surface area (Å²) in [4.78, 5) is 35.0. The van der Waals surface area contributed by atoms with Gasteiger partial charge in [-0.2, -0.15) is 0 Å². The fourth-order valence-corrected chi connectivity index (χ4v) is 3.17. The molecule has 2 aromatic rings. The number of esters is 1. The highest BCUT2D eigenvalue weighted by Gasteiger charge is 2.27. The van der Waals surface area contributed by atoms with E-state index >= 15 is 0 Å². The zero-order valence-electron chi connectivity index (χ0n) is 15.9. The largest absolute Gasteiger partial charge is 0.451 e. The van der Waals surface area contributed by atoms with Gasteiger partial charge in [-0.25, -0.2) is 4.79 Å². The molecule has 0 saturated heterocycles. The van der Waals surface area contributed by atoms with E-state index in [1.165, 1.54) is 11.8 Å². The highest BCUT2D eigenvalue weighted by molar-refractivity contribution is 7.99. The maximum absolute atomic E-state index is 12.2. The van der Waals surface area contributed by atoms with Crippen LogP contribution < -0.4 is 11.1 Å². The van der Waals surface area contributed by atoms with Crippen LogP contribution in [0.1, 0.15) is 25.2 Å². The van der Waals surface area contributed by atoms with Gasteiger partial charge in [-0.3, -0.25) is 14.9 Å². The Morgan fingerprint density at radius 2 is 1.89 bits per heavy atom. The average molecular weight is 405 g/mol. The number of ether oxygens (including phenoxy) is 1. The molecule has 0 radical (unpaired) electrons. The van der Waals surface area contributed by atoms with Gasteiger partial charge in [0.05, 0.1) is 12.3 Å². The summed E-state index contributed by atoms with van der Waals surface area (Å²) in [5, 5.41) is 10.7. The number of hydrogen-bond acceptors (Lipinski definition) is 7. The van der Waals surface area contributed by atoms with Crippen LogP contribution in [0.2, 0.25) is 0 Å². The lowest BCUT2D eigenvalue weighted by atomic mass is 10.1. The summed E-state index contributed by atoms with van der Waals surface area (Å²) in [7, 11) is 0. The fraction of sp³-hybridized carbons (Fsp3) is 0.389. The molecule has 0 spiro atoms. The summed E-state index contributed by atoms with van der Waals surface area (Å²) in [5.74, 6) is -1.00. The number of carbonyl (C=O) groups excluding carboxylic acids is 3. The zero-order chi connectivity index (χ0) is 20.7. The number of nitrogens with one attached hydrogen (secondary N) is 1. The third-order valence-corrected chi connectivity index (χ3v) is 4.71. The molecule has 9 nitrogen and oxygen atoms in total. The number of nitrogens with zero attached hydrogens (tertiary/aromatic N) is 3. The predicted octanol–water partition coefficient (Wildman–Crippen LogP) is 1.49. The first-order valence-electron chi connectivity index (χ1n) is 8.64. The van der Waals surface area contributed by atoms with Gasteiger partial charge < -0.3 is 15.0 Å². The molecule has 0 fully saturated rings. The molecule has 1 aromatic heterocycles. The molecule has 0 unspecified atom stereocenters. The number of primary amides is 1. The van der Waals surface area contributed by atoms with Crippen LogP contribution in [0.15, 0.2) is 35.5 Å². The molecule has 150 valence electrons. The van der Waals surface area contributed by atoms with Crippen LogP contribution in [0, 0.1) is 12.8 Å². The molecular formula is C18H23N5O4S. The minimum absolute atomic E-state index is 0.0556. The molecule has 0 aliphatic heterocycles. The summed E-state index contributed by atoms with van der Waals surface area (Å²) in [6.07, 6.45) is -1.11. The lowest BCUT2D eigenvalue weighted by molar-refractivity contribution is -0.155. The van der Waals surface area contributed by atoms with Crippen molar-refractivity contribution in [1.82, 2.24) is 20.1 Å². The van der Waals surface area contributed by atoms with E-state index in [4.69, 9.17) is 10.5 Å². The Balaban J connectivity index is 1.99. The van der Waals surface area contributed by atoms with Crippen molar-refractivity contribution in [2.45, 2.75) is 38.6 Å². The number of thioether (sulfide) groups is 1. The molecule has 1 atom stereocenters. The molecule has 1 aromatic carbocycles. The number of carbonyl (C=O) groups is 3. The summed E-state index contributed by atoms with van der Waals surface area (Å²) in [6, 6.07) is 8.82. The molecule has 2 rings (SSSR count). The van der Waals surface area contributed by atoms with E-state index in [9.17, 15) is 14.4 Å². The van der Waals surface area contributed by atoms with Crippen molar-refractivity contribution in [2.24, 2.45) is 11.7 Å². The Morgan fingerprint density at radius 3 is 2.50 bits per heavy atom. The Bertz CT molecular complexity index is 838. The number of urea groups is 1. The van der Waals surface area contributed by atoms with E-state index in [1.54, 1.807) is 13.8 Å². The first-order chi connectivity index (χ1) is 13.3. The van der Waals surface area contributed by atoms with E-state index < -0.39 is 24.0 Å². The van der Waals surface area contributed by atoms with Crippen LogP contribution in [0.3, 0.4) is 0 Å². The van der Waals surface area contributed by atoms with Crippen LogP contribution in [0.5, 0.6) is 0 Å². The van der Waals surface area contributed by atoms with Crippen molar-refractivity contribution in [1.29, 1.82) is 0 Å². The van der Waals surface area contributed by atoms with E-state index in [-0.39, 0.29) is 11.7 Å². The first kappa shape index (κ1) is 21.4. The van der Waals surface area contributed by atoms with Crippen LogP contribution in [0.25, 0.3) is 0 Å². The van der Waals surface area contributed by atoms with Crippen molar-refractivity contribution >= 4 is 29.7 Å². The molecule has 28 heavy (non-hydrogen) atoms. The van der Waals surface area contributed by atoms with Crippen LogP contribution >= 0.6 is 11.8 Å². The number of aryl methyl sites for hydroxylation is 1. The van der Waals surface area contributed by atoms with Crippen molar-refractivity contribution in [2.75, 3.05) is 5.75 Å². The highest BCUT2D eigenvalue weighted by atomic mass is 32.2. The highest BCUT2D eigenvalue weighted by Crippen LogP contribution is 2.19. The smallest absolute Gasteiger partial charge is 0.318 e. The molecule has 0 saturated carbocycles. The van der Waals surface area contributed by atoms with Crippen LogP contribution in [-0.2, 0) is 20.9 Å². The molecule has 3 amide bonds. The van der Waals surface area contributed by atoms with Crippen molar-refractivity contribution < 1.29 is 19.1 Å². The van der Waals surface area contributed by atoms with Gasteiger partial charge in [0.15, 0.2) is 11.3 Å². The average Bonchev–Trinajstić information content (AvgIpc) is 2.97. The maximum atomic E-state index is 12.2. The van der Waals surface area contributed by atoms with Gasteiger partial charge >= 0.3 is 12.0 Å². The predicted molar refractivity (Wildman–Crippen MR) is 103 cm³/mol. The van der Waals surface area contributed by atoms with E-state index in [2.05, 4.69) is 10.2 Å². The number of benzene rings is 1. The SMILES string of the molecule is Cc1nnc(SCC(=O)O[C@H](C(=O)NC(N)=O)C(C)C)n1Cc1ccccc1. The molecule has 10 heteroatoms. The lowest BCUT2D eigenvalue weighted by Gasteiger charge is -2.19. The number of amides is 3. The van der Waals surface area contributed by atoms with Crippen molar-refractivity contribution in [3.63, 3.8) is 0 Å². The first-order valence-corrected chi connectivity index (χ1v) is 9.62. The minimum Gasteiger partial charge on any atom is -0.451 e. The van der Waals surface area contributed by atoms with Crippen LogP contribution in [0.4, 0.5) is 4.79 Å². The van der Waals surface area contributed by atoms with Gasteiger partial charge in [0.1, 0.15) is 5.82 Å². The Labute approximate surface area is 167 Å². The number of imide groups is 1. The van der Waals surface area contributed by atoms with Gasteiger partial charge in [-0.1, -0.05) is 55.9 Å². The standard InChI is InChI=1S/C18H23N5O4S/c1-11(2)15(16(25)20-17(19)26)27-14(24)10-28-18-22-21-12(3)23(18)9-13-7-5-4-6-8-13/h4-8,11,15H,9-10H2,1-3H3,(H3,19,20,25,26)/t15-/m0/s1. The topological polar surface area (TPSA) is 129 Å². The molecule has 0 aliphatic rings. The number of nitrogens with two attached hydrogens (primary N) is 1. The van der Waals surface area contributed by atoms with Crippen molar-refractivity contribution in [3.8, 4) is 0 Å². The van der Waals surface area contributed by atoms with Gasteiger partial charge in [-0.05, 0) is 18.4 Å². The third kappa shape index (κ3) is 6.08. The Hall–Kier alpha value is -2.88. The molecule has 0 bridgehead atoms. The molecule has 3 N–H and O–H groups in total. The number of rotatable bonds is 8. The normalized spacial score (nSPS) is 11.9. The molecular weight excluding hydrogens is 382 g/mol. The van der Waals surface area contributed by atoms with Gasteiger partial charge in [0.2, 0.25) is 0 Å². The molecule has 0 aliphatic carbocycles. The molecule has 1 heterocycles. The zero-order valence-corrected chi connectivity index (χ0v) is 16.7. The summed E-state index contributed by atoms with van der Waals surface area (Å²) in [6.45, 7) is 5.81. The third-order valence-electron chi connectivity index (χ3n) is 3.77. The number of hydrogen-bond donors (Lipinski definition) is 2. The Kier molecular flexibility index (Phi) is 7.56. The minimum atomic E-state index is -1.11. The van der Waals surface area contributed by atoms with E-state index in [1.807, 2.05) is 47.1 Å². The summed E-state index contributed by atoms with van der Waals surface area (Å²) >= 11 is 1.17. The Morgan fingerprint density at radius 1 is 1.21 bits per heavy atom. The van der Waals surface area contributed by atoms with Crippen molar-refractivity contribution in [3.05, 3.63) is 41.7 Å². The second-order valence-electron chi connectivity index (χ2n) is 6.40. The monoisotopic (exact) mass is 405 g/mol. The maximum Gasteiger partial charge on any atom is 0.318 e. The second-order valence-corrected chi connectivity index (χ2v) is 7.34. The fourth-order valence-electron chi connectivity index (χ4n) is 2.40.